The lowest BCUT2D eigenvalue weighted by molar-refractivity contribution is -0.133. The minimum absolute atomic E-state index is 0.00520. The monoisotopic (exact) mass is 479 g/mol. The first-order chi connectivity index (χ1) is 16.4. The second kappa shape index (κ2) is 12.2. The molecule has 34 heavy (non-hydrogen) atoms. The van der Waals surface area contributed by atoms with Gasteiger partial charge >= 0.3 is 6.03 Å². The Balaban J connectivity index is 1.77. The lowest BCUT2D eigenvalue weighted by atomic mass is 10.2. The number of anilines is 1. The molecule has 3 amide bonds. The number of thiophene rings is 1. The van der Waals surface area contributed by atoms with E-state index in [0.717, 1.165) is 10.4 Å². The van der Waals surface area contributed by atoms with Crippen molar-refractivity contribution >= 4 is 29.0 Å². The van der Waals surface area contributed by atoms with E-state index in [9.17, 15) is 9.59 Å². The first kappa shape index (κ1) is 25.3. The summed E-state index contributed by atoms with van der Waals surface area (Å²) in [5.74, 6) is 0.786. The van der Waals surface area contributed by atoms with Crippen LogP contribution in [-0.2, 0) is 17.9 Å². The molecule has 1 N–H and O–H groups in total. The van der Waals surface area contributed by atoms with E-state index in [-0.39, 0.29) is 24.4 Å². The first-order valence-electron chi connectivity index (χ1n) is 11.4. The molecule has 0 saturated carbocycles. The Labute approximate surface area is 206 Å². The second-order valence-electron chi connectivity index (χ2n) is 8.70. The summed E-state index contributed by atoms with van der Waals surface area (Å²) in [5, 5.41) is 4.95. The van der Waals surface area contributed by atoms with Crippen LogP contribution in [0.1, 0.15) is 29.9 Å². The Bertz CT molecular complexity index is 1080. The Kier molecular flexibility index (Phi) is 9.10. The standard InChI is InChI=1S/C27H33N3O3S/c1-20(2)16-30(27(32)28-23-11-8-12-24(15-23)33-4)19-26(31)29(17-22-9-6-5-7-10-22)18-25-21(3)13-14-34-25/h5-15,20H,16-19H2,1-4H3,(H,28,32). The summed E-state index contributed by atoms with van der Waals surface area (Å²) in [7, 11) is 1.58. The number of ether oxygens (including phenoxy) is 1. The van der Waals surface area contributed by atoms with E-state index in [4.69, 9.17) is 4.74 Å². The average molecular weight is 480 g/mol. The second-order valence-corrected chi connectivity index (χ2v) is 9.70. The highest BCUT2D eigenvalue weighted by Gasteiger charge is 2.23. The van der Waals surface area contributed by atoms with Crippen LogP contribution in [0, 0.1) is 12.8 Å². The van der Waals surface area contributed by atoms with Crippen LogP contribution in [0.25, 0.3) is 0 Å². The first-order valence-corrected chi connectivity index (χ1v) is 12.3. The van der Waals surface area contributed by atoms with Gasteiger partial charge in [0.05, 0.1) is 13.7 Å². The Morgan fingerprint density at radius 3 is 2.41 bits per heavy atom. The number of amides is 3. The highest BCUT2D eigenvalue weighted by atomic mass is 32.1. The van der Waals surface area contributed by atoms with Gasteiger partial charge in [0, 0.05) is 29.7 Å². The van der Waals surface area contributed by atoms with Crippen LogP contribution in [0.3, 0.4) is 0 Å². The SMILES string of the molecule is COc1cccc(NC(=O)N(CC(=O)N(Cc2ccccc2)Cc2sccc2C)CC(C)C)c1. The van der Waals surface area contributed by atoms with Crippen LogP contribution in [0.5, 0.6) is 5.75 Å². The maximum Gasteiger partial charge on any atom is 0.322 e. The van der Waals surface area contributed by atoms with Gasteiger partial charge in [-0.05, 0) is 47.5 Å². The van der Waals surface area contributed by atoms with Gasteiger partial charge in [-0.3, -0.25) is 4.79 Å². The van der Waals surface area contributed by atoms with Gasteiger partial charge in [-0.15, -0.1) is 11.3 Å². The third-order valence-electron chi connectivity index (χ3n) is 5.39. The molecule has 0 unspecified atom stereocenters. The summed E-state index contributed by atoms with van der Waals surface area (Å²) in [5.41, 5.74) is 2.85. The number of carbonyl (C=O) groups is 2. The van der Waals surface area contributed by atoms with Gasteiger partial charge in [-0.2, -0.15) is 0 Å². The third-order valence-corrected chi connectivity index (χ3v) is 6.40. The molecule has 0 aliphatic heterocycles. The number of nitrogens with zero attached hydrogens (tertiary/aromatic N) is 2. The molecule has 3 aromatic rings. The Morgan fingerprint density at radius 1 is 1.00 bits per heavy atom. The molecule has 0 radical (unpaired) electrons. The fourth-order valence-corrected chi connectivity index (χ4v) is 4.52. The number of carbonyl (C=O) groups excluding carboxylic acids is 2. The molecule has 0 saturated heterocycles. The van der Waals surface area contributed by atoms with Crippen molar-refractivity contribution in [2.75, 3.05) is 25.5 Å². The molecular weight excluding hydrogens is 446 g/mol. The molecule has 0 aliphatic rings. The molecular formula is C27H33N3O3S. The molecule has 0 bridgehead atoms. The quantitative estimate of drug-likeness (QED) is 0.401. The minimum Gasteiger partial charge on any atom is -0.497 e. The molecule has 180 valence electrons. The minimum atomic E-state index is -0.303. The predicted octanol–water partition coefficient (Wildman–Crippen LogP) is 5.78. The summed E-state index contributed by atoms with van der Waals surface area (Å²) >= 11 is 1.65. The van der Waals surface area contributed by atoms with E-state index in [1.54, 1.807) is 35.5 Å². The van der Waals surface area contributed by atoms with Crippen molar-refractivity contribution in [3.05, 3.63) is 82.0 Å². The van der Waals surface area contributed by atoms with Crippen LogP contribution in [0.2, 0.25) is 0 Å². The number of benzene rings is 2. The summed E-state index contributed by atoms with van der Waals surface area (Å²) in [6, 6.07) is 18.9. The van der Waals surface area contributed by atoms with Crippen LogP contribution in [0.4, 0.5) is 10.5 Å². The van der Waals surface area contributed by atoms with Crippen LogP contribution in [0.15, 0.2) is 66.0 Å². The zero-order chi connectivity index (χ0) is 24.5. The van der Waals surface area contributed by atoms with Crippen molar-refractivity contribution in [2.45, 2.75) is 33.9 Å². The summed E-state index contributed by atoms with van der Waals surface area (Å²) in [6.07, 6.45) is 0. The summed E-state index contributed by atoms with van der Waals surface area (Å²) < 4.78 is 5.25. The van der Waals surface area contributed by atoms with Crippen molar-refractivity contribution in [3.8, 4) is 5.75 Å². The van der Waals surface area contributed by atoms with Gasteiger partial charge < -0.3 is 19.9 Å². The van der Waals surface area contributed by atoms with Crippen molar-refractivity contribution in [1.29, 1.82) is 0 Å². The van der Waals surface area contributed by atoms with E-state index in [0.29, 0.717) is 31.1 Å². The van der Waals surface area contributed by atoms with Gasteiger partial charge in [0.15, 0.2) is 0 Å². The van der Waals surface area contributed by atoms with Gasteiger partial charge in [0.2, 0.25) is 5.91 Å². The fraction of sp³-hybridized carbons (Fsp3) is 0.333. The number of urea groups is 1. The maximum atomic E-state index is 13.5. The number of hydrogen-bond acceptors (Lipinski definition) is 4. The molecule has 0 spiro atoms. The molecule has 0 aliphatic carbocycles. The van der Waals surface area contributed by atoms with Crippen LogP contribution in [-0.4, -0.2) is 41.9 Å². The van der Waals surface area contributed by atoms with Crippen molar-refractivity contribution in [2.24, 2.45) is 5.92 Å². The average Bonchev–Trinajstić information content (AvgIpc) is 3.23. The summed E-state index contributed by atoms with van der Waals surface area (Å²) in [6.45, 7) is 7.61. The van der Waals surface area contributed by atoms with E-state index in [1.165, 1.54) is 5.56 Å². The smallest absolute Gasteiger partial charge is 0.322 e. The zero-order valence-electron chi connectivity index (χ0n) is 20.3. The predicted molar refractivity (Wildman–Crippen MR) is 138 cm³/mol. The third kappa shape index (κ3) is 7.35. The Hall–Kier alpha value is -3.32. The van der Waals surface area contributed by atoms with Gasteiger partial charge in [-0.25, -0.2) is 4.79 Å². The molecule has 1 aromatic heterocycles. The number of rotatable bonds is 10. The maximum absolute atomic E-state index is 13.5. The molecule has 3 rings (SSSR count). The number of methoxy groups -OCH3 is 1. The van der Waals surface area contributed by atoms with E-state index < -0.39 is 0 Å². The van der Waals surface area contributed by atoms with E-state index in [2.05, 4.69) is 18.3 Å². The van der Waals surface area contributed by atoms with E-state index in [1.807, 2.05) is 66.6 Å². The van der Waals surface area contributed by atoms with Gasteiger partial charge in [0.25, 0.3) is 0 Å². The molecule has 0 atom stereocenters. The topological polar surface area (TPSA) is 61.9 Å². The molecule has 6 nitrogen and oxygen atoms in total. The fourth-order valence-electron chi connectivity index (χ4n) is 3.60. The highest BCUT2D eigenvalue weighted by Crippen LogP contribution is 2.21. The van der Waals surface area contributed by atoms with E-state index >= 15 is 0 Å². The normalized spacial score (nSPS) is 10.7. The molecule has 7 heteroatoms. The number of aryl methyl sites for hydroxylation is 1. The van der Waals surface area contributed by atoms with Crippen LogP contribution < -0.4 is 10.1 Å². The van der Waals surface area contributed by atoms with Crippen molar-refractivity contribution in [3.63, 3.8) is 0 Å². The van der Waals surface area contributed by atoms with Crippen molar-refractivity contribution < 1.29 is 14.3 Å². The number of nitrogens with one attached hydrogen (secondary N) is 1. The van der Waals surface area contributed by atoms with Crippen molar-refractivity contribution in [1.82, 2.24) is 9.80 Å². The van der Waals surface area contributed by atoms with Gasteiger partial charge in [-0.1, -0.05) is 50.2 Å². The number of hydrogen-bond donors (Lipinski definition) is 1. The zero-order valence-corrected chi connectivity index (χ0v) is 21.1. The lowest BCUT2D eigenvalue weighted by Gasteiger charge is -2.29. The summed E-state index contributed by atoms with van der Waals surface area (Å²) in [4.78, 5) is 31.2. The largest absolute Gasteiger partial charge is 0.497 e. The molecule has 2 aromatic carbocycles. The van der Waals surface area contributed by atoms with Gasteiger partial charge in [0.1, 0.15) is 12.3 Å². The Morgan fingerprint density at radius 2 is 1.76 bits per heavy atom. The molecule has 0 fully saturated rings. The lowest BCUT2D eigenvalue weighted by Crippen LogP contribution is -2.45. The van der Waals surface area contributed by atoms with Crippen LogP contribution >= 0.6 is 11.3 Å². The molecule has 1 heterocycles. The highest BCUT2D eigenvalue weighted by molar-refractivity contribution is 7.10.